The molecule has 4 rings (SSSR count). The lowest BCUT2D eigenvalue weighted by atomic mass is 9.90. The molecule has 0 radical (unpaired) electrons. The van der Waals surface area contributed by atoms with Gasteiger partial charge in [-0.1, -0.05) is 43.7 Å². The lowest BCUT2D eigenvalue weighted by Gasteiger charge is -2.29. The summed E-state index contributed by atoms with van der Waals surface area (Å²) in [7, 11) is 0. The summed E-state index contributed by atoms with van der Waals surface area (Å²) in [6, 6.07) is 16.8. The fourth-order valence-electron chi connectivity index (χ4n) is 3.65. The molecule has 1 amide bonds. The van der Waals surface area contributed by atoms with E-state index in [1.54, 1.807) is 5.01 Å². The van der Waals surface area contributed by atoms with Gasteiger partial charge in [0, 0.05) is 22.8 Å². The van der Waals surface area contributed by atoms with E-state index in [2.05, 4.69) is 43.3 Å². The number of rotatable bonds is 4. The quantitative estimate of drug-likeness (QED) is 0.739. The highest BCUT2D eigenvalue weighted by Gasteiger charge is 2.33. The molecule has 3 nitrogen and oxygen atoms in total. The van der Waals surface area contributed by atoms with Crippen molar-refractivity contribution >= 4 is 29.1 Å². The van der Waals surface area contributed by atoms with Crippen LogP contribution in [0.15, 0.2) is 58.5 Å². The number of hydrazone groups is 1. The Bertz CT molecular complexity index is 828. The number of fused-ring (bicyclic) bond motifs is 3. The number of carbonyl (C=O) groups excluding carboxylic acids is 1. The molecule has 0 bridgehead atoms. The van der Waals surface area contributed by atoms with Gasteiger partial charge in [0.15, 0.2) is 0 Å². The SMILES string of the molecule is CCCCc1ccc(N2N=C3c4ccccc4SCCC3CC2=O)cc1. The normalized spacial score (nSPS) is 19.4. The van der Waals surface area contributed by atoms with Gasteiger partial charge in [-0.15, -0.1) is 11.8 Å². The Kier molecular flexibility index (Phi) is 5.11. The smallest absolute Gasteiger partial charge is 0.248 e. The molecular formula is C22H24N2OS. The van der Waals surface area contributed by atoms with Crippen molar-refractivity contribution < 1.29 is 4.79 Å². The number of thioether (sulfide) groups is 1. The molecule has 0 saturated heterocycles. The van der Waals surface area contributed by atoms with Crippen molar-refractivity contribution in [1.82, 2.24) is 0 Å². The van der Waals surface area contributed by atoms with Crippen LogP contribution in [0.2, 0.25) is 0 Å². The predicted octanol–water partition coefficient (Wildman–Crippen LogP) is 5.28. The number of aryl methyl sites for hydroxylation is 1. The van der Waals surface area contributed by atoms with Crippen LogP contribution in [0.1, 0.15) is 43.7 Å². The average molecular weight is 365 g/mol. The molecule has 1 unspecified atom stereocenters. The van der Waals surface area contributed by atoms with E-state index in [-0.39, 0.29) is 11.8 Å². The number of carbonyl (C=O) groups is 1. The van der Waals surface area contributed by atoms with E-state index < -0.39 is 0 Å². The van der Waals surface area contributed by atoms with Gasteiger partial charge in [0.2, 0.25) is 5.91 Å². The Morgan fingerprint density at radius 3 is 2.77 bits per heavy atom. The second-order valence-electron chi connectivity index (χ2n) is 7.00. The Hall–Kier alpha value is -2.07. The van der Waals surface area contributed by atoms with E-state index in [1.165, 1.54) is 28.9 Å². The number of hydrogen-bond donors (Lipinski definition) is 0. The molecule has 2 heterocycles. The van der Waals surface area contributed by atoms with Crippen LogP contribution in [0.25, 0.3) is 0 Å². The molecule has 0 aromatic heterocycles. The van der Waals surface area contributed by atoms with E-state index in [4.69, 9.17) is 5.10 Å². The van der Waals surface area contributed by atoms with Crippen molar-refractivity contribution in [2.75, 3.05) is 10.8 Å². The fraction of sp³-hybridized carbons (Fsp3) is 0.364. The number of hydrogen-bond acceptors (Lipinski definition) is 3. The molecule has 26 heavy (non-hydrogen) atoms. The van der Waals surface area contributed by atoms with Crippen molar-refractivity contribution in [3.05, 3.63) is 59.7 Å². The fourth-order valence-corrected chi connectivity index (χ4v) is 4.78. The highest BCUT2D eigenvalue weighted by Crippen LogP contribution is 2.36. The maximum atomic E-state index is 12.7. The first kappa shape index (κ1) is 17.3. The third kappa shape index (κ3) is 3.43. The third-order valence-corrected chi connectivity index (χ3v) is 6.25. The molecule has 4 heteroatoms. The van der Waals surface area contributed by atoms with Crippen molar-refractivity contribution in [1.29, 1.82) is 0 Å². The molecule has 134 valence electrons. The first-order valence-electron chi connectivity index (χ1n) is 9.49. The van der Waals surface area contributed by atoms with Gasteiger partial charge in [-0.2, -0.15) is 5.10 Å². The Balaban J connectivity index is 1.67. The lowest BCUT2D eigenvalue weighted by Crippen LogP contribution is -2.37. The van der Waals surface area contributed by atoms with E-state index in [9.17, 15) is 4.79 Å². The zero-order valence-corrected chi connectivity index (χ0v) is 16.0. The maximum absolute atomic E-state index is 12.7. The molecule has 2 aromatic rings. The van der Waals surface area contributed by atoms with Gasteiger partial charge in [-0.25, -0.2) is 5.01 Å². The van der Waals surface area contributed by atoms with Gasteiger partial charge in [0.05, 0.1) is 11.4 Å². The molecule has 0 N–H and O–H groups in total. The van der Waals surface area contributed by atoms with Crippen LogP contribution in [0.3, 0.4) is 0 Å². The summed E-state index contributed by atoms with van der Waals surface area (Å²) >= 11 is 1.87. The molecule has 0 fully saturated rings. The van der Waals surface area contributed by atoms with E-state index in [1.807, 2.05) is 23.9 Å². The first-order valence-corrected chi connectivity index (χ1v) is 10.5. The summed E-state index contributed by atoms with van der Waals surface area (Å²) in [6.45, 7) is 2.20. The zero-order valence-electron chi connectivity index (χ0n) is 15.1. The number of anilines is 1. The van der Waals surface area contributed by atoms with E-state index >= 15 is 0 Å². The van der Waals surface area contributed by atoms with Crippen molar-refractivity contribution in [2.24, 2.45) is 11.0 Å². The standard InChI is InChI=1S/C22H24N2OS/c1-2-3-6-16-9-11-18(12-10-16)24-21(25)15-17-13-14-26-20-8-5-4-7-19(20)22(17)23-24/h4-5,7-12,17H,2-3,6,13-15H2,1H3. The molecule has 1 atom stereocenters. The van der Waals surface area contributed by atoms with Crippen LogP contribution in [0.4, 0.5) is 5.69 Å². The summed E-state index contributed by atoms with van der Waals surface area (Å²) < 4.78 is 0. The molecule has 0 aliphatic carbocycles. The molecule has 0 saturated carbocycles. The number of benzene rings is 2. The van der Waals surface area contributed by atoms with Crippen LogP contribution >= 0.6 is 11.8 Å². The predicted molar refractivity (Wildman–Crippen MR) is 109 cm³/mol. The highest BCUT2D eigenvalue weighted by molar-refractivity contribution is 7.99. The lowest BCUT2D eigenvalue weighted by molar-refractivity contribution is -0.119. The van der Waals surface area contributed by atoms with E-state index in [0.29, 0.717) is 6.42 Å². The van der Waals surface area contributed by atoms with Gasteiger partial charge in [0.25, 0.3) is 0 Å². The second kappa shape index (κ2) is 7.67. The van der Waals surface area contributed by atoms with Crippen molar-refractivity contribution in [2.45, 2.75) is 43.9 Å². The van der Waals surface area contributed by atoms with Gasteiger partial charge in [-0.05, 0) is 48.8 Å². The van der Waals surface area contributed by atoms with Gasteiger partial charge in [-0.3, -0.25) is 4.79 Å². The summed E-state index contributed by atoms with van der Waals surface area (Å²) in [5, 5.41) is 6.45. The van der Waals surface area contributed by atoms with Gasteiger partial charge in [0.1, 0.15) is 0 Å². The molecule has 0 spiro atoms. The van der Waals surface area contributed by atoms with Crippen LogP contribution < -0.4 is 5.01 Å². The minimum Gasteiger partial charge on any atom is -0.273 e. The third-order valence-electron chi connectivity index (χ3n) is 5.14. The van der Waals surface area contributed by atoms with Crippen LogP contribution in [0, 0.1) is 5.92 Å². The minimum absolute atomic E-state index is 0.101. The van der Waals surface area contributed by atoms with Crippen LogP contribution in [0.5, 0.6) is 0 Å². The maximum Gasteiger partial charge on any atom is 0.248 e. The zero-order chi connectivity index (χ0) is 17.9. The molecule has 2 aliphatic heterocycles. The van der Waals surface area contributed by atoms with Crippen molar-refractivity contribution in [3.63, 3.8) is 0 Å². The van der Waals surface area contributed by atoms with Gasteiger partial charge >= 0.3 is 0 Å². The Morgan fingerprint density at radius 2 is 1.96 bits per heavy atom. The summed E-state index contributed by atoms with van der Waals surface area (Å²) in [6.07, 6.45) is 5.03. The summed E-state index contributed by atoms with van der Waals surface area (Å²) in [5.41, 5.74) is 4.45. The summed E-state index contributed by atoms with van der Waals surface area (Å²) in [4.78, 5) is 14.0. The second-order valence-corrected chi connectivity index (χ2v) is 8.13. The monoisotopic (exact) mass is 364 g/mol. The molecular weight excluding hydrogens is 340 g/mol. The van der Waals surface area contributed by atoms with Crippen LogP contribution in [-0.4, -0.2) is 17.4 Å². The topological polar surface area (TPSA) is 32.7 Å². The van der Waals surface area contributed by atoms with Crippen molar-refractivity contribution in [3.8, 4) is 0 Å². The number of amides is 1. The Labute approximate surface area is 159 Å². The Morgan fingerprint density at radius 1 is 1.15 bits per heavy atom. The largest absolute Gasteiger partial charge is 0.273 e. The van der Waals surface area contributed by atoms with Gasteiger partial charge < -0.3 is 0 Å². The molecule has 2 aliphatic rings. The van der Waals surface area contributed by atoms with Crippen LogP contribution in [-0.2, 0) is 11.2 Å². The number of nitrogens with zero attached hydrogens (tertiary/aromatic N) is 2. The van der Waals surface area contributed by atoms with E-state index in [0.717, 1.165) is 30.0 Å². The number of unbranched alkanes of at least 4 members (excludes halogenated alkanes) is 1. The first-order chi connectivity index (χ1) is 12.8. The minimum atomic E-state index is 0.101. The highest BCUT2D eigenvalue weighted by atomic mass is 32.2. The summed E-state index contributed by atoms with van der Waals surface area (Å²) in [5.74, 6) is 1.38. The molecule has 2 aromatic carbocycles. The average Bonchev–Trinajstić information content (AvgIpc) is 2.85.